The summed E-state index contributed by atoms with van der Waals surface area (Å²) in [5.41, 5.74) is 0. The van der Waals surface area contributed by atoms with Crippen LogP contribution in [0.1, 0.15) is 142 Å². The van der Waals surface area contributed by atoms with E-state index in [-0.39, 0.29) is 17.7 Å². The second-order valence-corrected chi connectivity index (χ2v) is 12.4. The van der Waals surface area contributed by atoms with Gasteiger partial charge in [0.15, 0.2) is 0 Å². The zero-order chi connectivity index (χ0) is 32.5. The van der Waals surface area contributed by atoms with E-state index in [1.54, 1.807) is 0 Å². The summed E-state index contributed by atoms with van der Waals surface area (Å²) < 4.78 is 10.7. The molecule has 256 valence electrons. The predicted octanol–water partition coefficient (Wildman–Crippen LogP) is 8.46. The molecular formula is C37H68N2O5. The molecule has 0 aromatic heterocycles. The number of allylic oxidation sites excluding steroid dienone is 2. The molecule has 7 heteroatoms. The van der Waals surface area contributed by atoms with Crippen molar-refractivity contribution in [3.8, 4) is 0 Å². The normalized spacial score (nSPS) is 11.8. The summed E-state index contributed by atoms with van der Waals surface area (Å²) in [6.45, 7) is 8.25. The quantitative estimate of drug-likeness (QED) is 0.0424. The Balaban J connectivity index is 4.22. The Labute approximate surface area is 271 Å². The van der Waals surface area contributed by atoms with E-state index in [0.29, 0.717) is 39.0 Å². The lowest BCUT2D eigenvalue weighted by Crippen LogP contribution is -2.32. The number of unbranched alkanes of at least 4 members (excludes halogenated alkanes) is 12. The third-order valence-corrected chi connectivity index (χ3v) is 7.63. The SMILES string of the molecule is CCCCCC/C=C\COC(=O)CCCCCN(CCCCCC(=O)OC/C=C\CCCCCC)CC(=O)CCCN(C)C. The van der Waals surface area contributed by atoms with Crippen molar-refractivity contribution in [1.29, 1.82) is 0 Å². The third-order valence-electron chi connectivity index (χ3n) is 7.63. The Hall–Kier alpha value is -1.99. The third kappa shape index (κ3) is 31.4. The van der Waals surface area contributed by atoms with Crippen molar-refractivity contribution >= 4 is 17.7 Å². The molecule has 0 fully saturated rings. The zero-order valence-corrected chi connectivity index (χ0v) is 29.1. The summed E-state index contributed by atoms with van der Waals surface area (Å²) in [6, 6.07) is 0. The van der Waals surface area contributed by atoms with Crippen LogP contribution in [0.15, 0.2) is 24.3 Å². The van der Waals surface area contributed by atoms with Crippen molar-refractivity contribution in [3.05, 3.63) is 24.3 Å². The van der Waals surface area contributed by atoms with E-state index in [1.165, 1.54) is 51.4 Å². The first kappa shape index (κ1) is 42.0. The van der Waals surface area contributed by atoms with Gasteiger partial charge in [-0.1, -0.05) is 89.5 Å². The monoisotopic (exact) mass is 621 g/mol. The molecule has 0 saturated heterocycles. The number of carbonyl (C=O) groups excluding carboxylic acids is 3. The number of esters is 2. The number of ketones is 1. The maximum atomic E-state index is 12.6. The van der Waals surface area contributed by atoms with Crippen LogP contribution in [-0.4, -0.2) is 81.0 Å². The van der Waals surface area contributed by atoms with Gasteiger partial charge in [0.05, 0.1) is 6.54 Å². The van der Waals surface area contributed by atoms with Gasteiger partial charge in [-0.25, -0.2) is 0 Å². The fourth-order valence-corrected chi connectivity index (χ4v) is 4.93. The van der Waals surface area contributed by atoms with Crippen molar-refractivity contribution in [3.63, 3.8) is 0 Å². The lowest BCUT2D eigenvalue weighted by molar-refractivity contribution is -0.143. The van der Waals surface area contributed by atoms with Crippen LogP contribution in [0.3, 0.4) is 0 Å². The van der Waals surface area contributed by atoms with Crippen molar-refractivity contribution in [2.45, 2.75) is 142 Å². The summed E-state index contributed by atoms with van der Waals surface area (Å²) in [4.78, 5) is 41.1. The molecule has 0 bridgehead atoms. The zero-order valence-electron chi connectivity index (χ0n) is 29.1. The largest absolute Gasteiger partial charge is 0.461 e. The summed E-state index contributed by atoms with van der Waals surface area (Å²) in [5, 5.41) is 0. The van der Waals surface area contributed by atoms with Crippen LogP contribution in [0.25, 0.3) is 0 Å². The summed E-state index contributed by atoms with van der Waals surface area (Å²) in [5.74, 6) is 0.0203. The van der Waals surface area contributed by atoms with Crippen molar-refractivity contribution in [2.75, 3.05) is 53.5 Å². The molecule has 44 heavy (non-hydrogen) atoms. The molecule has 0 amide bonds. The Morgan fingerprint density at radius 1 is 0.523 bits per heavy atom. The minimum Gasteiger partial charge on any atom is -0.461 e. The number of Topliss-reactive ketones (excluding diaryl/α,β-unsaturated/α-hetero) is 1. The standard InChI is InChI=1S/C37H68N2O5/c1-5-7-9-11-13-15-23-32-43-36(41)27-19-17-21-30-39(34-35(40)26-25-29-38(3)4)31-22-18-20-28-37(42)44-33-24-16-14-12-10-8-6-2/h15-16,23-24H,5-14,17-22,25-34H2,1-4H3/b23-15-,24-16-. The summed E-state index contributed by atoms with van der Waals surface area (Å²) >= 11 is 0. The van der Waals surface area contributed by atoms with Gasteiger partial charge in [0.25, 0.3) is 0 Å². The van der Waals surface area contributed by atoms with Crippen molar-refractivity contribution in [2.24, 2.45) is 0 Å². The molecule has 0 rings (SSSR count). The maximum Gasteiger partial charge on any atom is 0.306 e. The number of rotatable bonds is 32. The highest BCUT2D eigenvalue weighted by Gasteiger charge is 2.12. The average Bonchev–Trinajstić information content (AvgIpc) is 2.99. The van der Waals surface area contributed by atoms with E-state index in [2.05, 4.69) is 35.8 Å². The fraction of sp³-hybridized carbons (Fsp3) is 0.811. The van der Waals surface area contributed by atoms with E-state index < -0.39 is 0 Å². The molecule has 0 aliphatic heterocycles. The first-order chi connectivity index (χ1) is 21.4. The molecule has 0 aliphatic rings. The van der Waals surface area contributed by atoms with Gasteiger partial charge in [0.1, 0.15) is 19.0 Å². The number of hydrogen-bond donors (Lipinski definition) is 0. The Kier molecular flexibility index (Phi) is 30.9. The predicted molar refractivity (Wildman–Crippen MR) is 184 cm³/mol. The van der Waals surface area contributed by atoms with Crippen LogP contribution < -0.4 is 0 Å². The molecule has 7 nitrogen and oxygen atoms in total. The Morgan fingerprint density at radius 3 is 1.45 bits per heavy atom. The van der Waals surface area contributed by atoms with E-state index in [4.69, 9.17) is 9.47 Å². The fourth-order valence-electron chi connectivity index (χ4n) is 4.93. The van der Waals surface area contributed by atoms with Gasteiger partial charge in [-0.15, -0.1) is 0 Å². The van der Waals surface area contributed by atoms with E-state index >= 15 is 0 Å². The minimum atomic E-state index is -0.134. The second kappa shape index (κ2) is 32.4. The minimum absolute atomic E-state index is 0.134. The highest BCUT2D eigenvalue weighted by Crippen LogP contribution is 2.09. The lowest BCUT2D eigenvalue weighted by atomic mass is 10.1. The number of hydrogen-bond acceptors (Lipinski definition) is 7. The van der Waals surface area contributed by atoms with Gasteiger partial charge < -0.3 is 14.4 Å². The van der Waals surface area contributed by atoms with Gasteiger partial charge in [-0.2, -0.15) is 0 Å². The van der Waals surface area contributed by atoms with Crippen molar-refractivity contribution in [1.82, 2.24) is 9.80 Å². The molecule has 0 radical (unpaired) electrons. The van der Waals surface area contributed by atoms with Gasteiger partial charge in [0, 0.05) is 19.3 Å². The number of carbonyl (C=O) groups is 3. The van der Waals surface area contributed by atoms with Gasteiger partial charge >= 0.3 is 11.9 Å². The molecule has 0 unspecified atom stereocenters. The van der Waals surface area contributed by atoms with Crippen LogP contribution in [0.4, 0.5) is 0 Å². The molecule has 0 atom stereocenters. The molecule has 0 aliphatic carbocycles. The van der Waals surface area contributed by atoms with Crippen LogP contribution in [0.5, 0.6) is 0 Å². The van der Waals surface area contributed by atoms with E-state index in [1.807, 2.05) is 26.2 Å². The van der Waals surface area contributed by atoms with Crippen molar-refractivity contribution < 1.29 is 23.9 Å². The van der Waals surface area contributed by atoms with E-state index in [0.717, 1.165) is 77.4 Å². The Bertz CT molecular complexity index is 702. The number of nitrogens with zero attached hydrogens (tertiary/aromatic N) is 2. The molecule has 0 aromatic carbocycles. The van der Waals surface area contributed by atoms with Crippen LogP contribution in [0.2, 0.25) is 0 Å². The first-order valence-electron chi connectivity index (χ1n) is 17.9. The topological polar surface area (TPSA) is 76.1 Å². The molecule has 0 spiro atoms. The molecule has 0 aromatic rings. The highest BCUT2D eigenvalue weighted by molar-refractivity contribution is 5.80. The van der Waals surface area contributed by atoms with E-state index in [9.17, 15) is 14.4 Å². The Morgan fingerprint density at radius 2 is 1.00 bits per heavy atom. The average molecular weight is 621 g/mol. The van der Waals surface area contributed by atoms with Gasteiger partial charge in [-0.3, -0.25) is 19.3 Å². The first-order valence-corrected chi connectivity index (χ1v) is 17.9. The number of ether oxygens (including phenoxy) is 2. The second-order valence-electron chi connectivity index (χ2n) is 12.4. The molecule has 0 N–H and O–H groups in total. The van der Waals surface area contributed by atoms with Gasteiger partial charge in [-0.05, 0) is 91.5 Å². The molecular weight excluding hydrogens is 552 g/mol. The van der Waals surface area contributed by atoms with Gasteiger partial charge in [0.2, 0.25) is 0 Å². The van der Waals surface area contributed by atoms with Crippen LogP contribution in [0, 0.1) is 0 Å². The van der Waals surface area contributed by atoms with Crippen LogP contribution >= 0.6 is 0 Å². The smallest absolute Gasteiger partial charge is 0.306 e. The highest BCUT2D eigenvalue weighted by atomic mass is 16.5. The maximum absolute atomic E-state index is 12.6. The molecule has 0 saturated carbocycles. The summed E-state index contributed by atoms with van der Waals surface area (Å²) in [6.07, 6.45) is 28.0. The summed E-state index contributed by atoms with van der Waals surface area (Å²) in [7, 11) is 4.06. The lowest BCUT2D eigenvalue weighted by Gasteiger charge is -2.22. The molecule has 0 heterocycles. The van der Waals surface area contributed by atoms with Crippen LogP contribution in [-0.2, 0) is 23.9 Å².